The number of aromatic amines is 1. The van der Waals surface area contributed by atoms with E-state index < -0.39 is 5.56 Å². The zero-order valence-corrected chi connectivity index (χ0v) is 14.9. The average molecular weight is 384 g/mol. The van der Waals surface area contributed by atoms with Gasteiger partial charge < -0.3 is 19.2 Å². The van der Waals surface area contributed by atoms with Crippen LogP contribution in [0.15, 0.2) is 39.9 Å². The Kier molecular flexibility index (Phi) is 4.30. The highest BCUT2D eigenvalue weighted by Crippen LogP contribution is 2.29. The molecule has 1 saturated heterocycles. The number of H-pyrrole nitrogens is 1. The maximum Gasteiger partial charge on any atom is 0.289 e. The molecule has 1 fully saturated rings. The third-order valence-electron chi connectivity index (χ3n) is 4.53. The Balaban J connectivity index is 1.68. The van der Waals surface area contributed by atoms with E-state index in [0.29, 0.717) is 53.7 Å². The first-order chi connectivity index (χ1) is 13.1. The summed E-state index contributed by atoms with van der Waals surface area (Å²) in [6.07, 6.45) is 2.90. The van der Waals surface area contributed by atoms with Crippen LogP contribution in [-0.4, -0.2) is 47.0 Å². The van der Waals surface area contributed by atoms with Gasteiger partial charge in [-0.15, -0.1) is 0 Å². The molecule has 1 aliphatic rings. The molecular formula is C18H14ClN5O3. The number of nitriles is 1. The summed E-state index contributed by atoms with van der Waals surface area (Å²) in [6, 6.07) is 6.95. The molecule has 0 atom stereocenters. The number of hydrogen-bond donors (Lipinski definition) is 1. The lowest BCUT2D eigenvalue weighted by molar-refractivity contribution is 0.0715. The predicted octanol–water partition coefficient (Wildman–Crippen LogP) is 2.00. The smallest absolute Gasteiger partial charge is 0.289 e. The van der Waals surface area contributed by atoms with Gasteiger partial charge in [0.25, 0.3) is 11.5 Å². The Morgan fingerprint density at radius 3 is 2.78 bits per heavy atom. The van der Waals surface area contributed by atoms with Crippen molar-refractivity contribution >= 4 is 34.2 Å². The van der Waals surface area contributed by atoms with Crippen LogP contribution in [0.2, 0.25) is 5.02 Å². The minimum atomic E-state index is -0.496. The molecule has 0 spiro atoms. The Bertz CT molecular complexity index is 1110. The van der Waals surface area contributed by atoms with E-state index in [2.05, 4.69) is 9.97 Å². The molecule has 0 bridgehead atoms. The van der Waals surface area contributed by atoms with Gasteiger partial charge in [0.15, 0.2) is 5.76 Å². The zero-order valence-electron chi connectivity index (χ0n) is 14.1. The van der Waals surface area contributed by atoms with Crippen LogP contribution in [0.3, 0.4) is 0 Å². The number of rotatable bonds is 2. The largest absolute Gasteiger partial charge is 0.459 e. The molecule has 0 unspecified atom stereocenters. The van der Waals surface area contributed by atoms with Crippen molar-refractivity contribution < 1.29 is 9.21 Å². The van der Waals surface area contributed by atoms with E-state index in [1.54, 1.807) is 23.1 Å². The summed E-state index contributed by atoms with van der Waals surface area (Å²) >= 11 is 6.07. The van der Waals surface area contributed by atoms with Crippen LogP contribution in [0.1, 0.15) is 16.1 Å². The van der Waals surface area contributed by atoms with E-state index in [0.717, 1.165) is 0 Å². The lowest BCUT2D eigenvalue weighted by atomic mass is 10.1. The Morgan fingerprint density at radius 1 is 1.33 bits per heavy atom. The summed E-state index contributed by atoms with van der Waals surface area (Å²) < 4.78 is 5.17. The monoisotopic (exact) mass is 383 g/mol. The summed E-state index contributed by atoms with van der Waals surface area (Å²) in [4.78, 5) is 35.1. The van der Waals surface area contributed by atoms with Gasteiger partial charge in [0.2, 0.25) is 0 Å². The topological polar surface area (TPSA) is 106 Å². The molecule has 3 aromatic rings. The highest BCUT2D eigenvalue weighted by molar-refractivity contribution is 6.31. The molecule has 1 amide bonds. The van der Waals surface area contributed by atoms with Gasteiger partial charge in [0.1, 0.15) is 17.3 Å². The van der Waals surface area contributed by atoms with Crippen LogP contribution in [0.25, 0.3) is 11.0 Å². The number of fused-ring (bicyclic) bond motifs is 1. The second-order valence-electron chi connectivity index (χ2n) is 6.10. The van der Waals surface area contributed by atoms with Gasteiger partial charge in [-0.3, -0.25) is 9.59 Å². The Morgan fingerprint density at radius 2 is 2.11 bits per heavy atom. The molecule has 4 rings (SSSR count). The number of nitrogens with one attached hydrogen (secondary N) is 1. The molecule has 3 aromatic heterocycles. The number of carbonyl (C=O) groups excluding carboxylic acids is 1. The molecule has 0 radical (unpaired) electrons. The molecule has 9 heteroatoms. The second-order valence-corrected chi connectivity index (χ2v) is 6.53. The van der Waals surface area contributed by atoms with E-state index >= 15 is 0 Å². The van der Waals surface area contributed by atoms with E-state index in [1.165, 1.54) is 12.5 Å². The van der Waals surface area contributed by atoms with Crippen molar-refractivity contribution in [1.82, 2.24) is 14.9 Å². The van der Waals surface area contributed by atoms with Gasteiger partial charge in [-0.2, -0.15) is 5.26 Å². The van der Waals surface area contributed by atoms with Crippen molar-refractivity contribution in [2.24, 2.45) is 0 Å². The third kappa shape index (κ3) is 3.02. The highest BCUT2D eigenvalue weighted by atomic mass is 35.5. The molecule has 4 heterocycles. The fourth-order valence-corrected chi connectivity index (χ4v) is 3.41. The van der Waals surface area contributed by atoms with E-state index in [-0.39, 0.29) is 11.5 Å². The van der Waals surface area contributed by atoms with Crippen LogP contribution in [0, 0.1) is 11.3 Å². The number of amides is 1. The van der Waals surface area contributed by atoms with Gasteiger partial charge in [-0.05, 0) is 18.2 Å². The number of furan rings is 1. The van der Waals surface area contributed by atoms with Crippen LogP contribution in [0.5, 0.6) is 0 Å². The van der Waals surface area contributed by atoms with E-state index in [4.69, 9.17) is 16.0 Å². The minimum absolute atomic E-state index is 0.0115. The minimum Gasteiger partial charge on any atom is -0.459 e. The number of halogens is 1. The maximum atomic E-state index is 12.4. The SMILES string of the molecule is N#Cc1c(N2CCN(C(=O)c3ccco3)CC2)c2cc(Cl)cnc2[nH]c1=O. The fraction of sp³-hybridized carbons (Fsp3) is 0.222. The summed E-state index contributed by atoms with van der Waals surface area (Å²) in [7, 11) is 0. The van der Waals surface area contributed by atoms with Gasteiger partial charge in [0.05, 0.1) is 17.0 Å². The predicted molar refractivity (Wildman–Crippen MR) is 98.9 cm³/mol. The molecule has 0 saturated carbocycles. The highest BCUT2D eigenvalue weighted by Gasteiger charge is 2.27. The first kappa shape index (κ1) is 17.1. The zero-order chi connectivity index (χ0) is 19.0. The average Bonchev–Trinajstić information content (AvgIpc) is 3.22. The van der Waals surface area contributed by atoms with Gasteiger partial charge >= 0.3 is 0 Å². The Hall–Kier alpha value is -3.31. The molecular weight excluding hydrogens is 370 g/mol. The number of piperazine rings is 1. The van der Waals surface area contributed by atoms with Crippen molar-refractivity contribution in [3.63, 3.8) is 0 Å². The van der Waals surface area contributed by atoms with Gasteiger partial charge in [0, 0.05) is 37.8 Å². The first-order valence-electron chi connectivity index (χ1n) is 8.28. The summed E-state index contributed by atoms with van der Waals surface area (Å²) in [5.74, 6) is 0.111. The molecule has 8 nitrogen and oxygen atoms in total. The number of hydrogen-bond acceptors (Lipinski definition) is 6. The van der Waals surface area contributed by atoms with Crippen molar-refractivity contribution in [1.29, 1.82) is 5.26 Å². The number of carbonyl (C=O) groups is 1. The van der Waals surface area contributed by atoms with Gasteiger partial charge in [-0.25, -0.2) is 4.98 Å². The van der Waals surface area contributed by atoms with Crippen LogP contribution < -0.4 is 10.5 Å². The fourth-order valence-electron chi connectivity index (χ4n) is 3.25. The molecule has 27 heavy (non-hydrogen) atoms. The number of aromatic nitrogens is 2. The van der Waals surface area contributed by atoms with Crippen LogP contribution in [0.4, 0.5) is 5.69 Å². The normalized spacial score (nSPS) is 14.4. The first-order valence-corrected chi connectivity index (χ1v) is 8.65. The molecule has 0 aliphatic carbocycles. The molecule has 1 N–H and O–H groups in total. The van der Waals surface area contributed by atoms with Crippen LogP contribution in [-0.2, 0) is 0 Å². The number of pyridine rings is 2. The Labute approximate surface area is 158 Å². The summed E-state index contributed by atoms with van der Waals surface area (Å²) in [5, 5.41) is 10.5. The second kappa shape index (κ2) is 6.78. The van der Waals surface area contributed by atoms with Crippen LogP contribution >= 0.6 is 11.6 Å². The standard InChI is InChI=1S/C18H14ClN5O3/c19-11-8-12-15(13(9-20)17(25)22-16(12)21-10-11)23-3-5-24(6-4-23)18(26)14-2-1-7-27-14/h1-2,7-8,10H,3-6H2,(H,21,22,25). The number of anilines is 1. The molecule has 1 aliphatic heterocycles. The van der Waals surface area contributed by atoms with E-state index in [1.807, 2.05) is 11.0 Å². The lowest BCUT2D eigenvalue weighted by Crippen LogP contribution is -2.49. The van der Waals surface area contributed by atoms with Crippen molar-refractivity contribution in [2.75, 3.05) is 31.1 Å². The summed E-state index contributed by atoms with van der Waals surface area (Å²) in [5.41, 5.74) is 0.380. The molecule has 0 aromatic carbocycles. The summed E-state index contributed by atoms with van der Waals surface area (Å²) in [6.45, 7) is 1.80. The van der Waals surface area contributed by atoms with Gasteiger partial charge in [-0.1, -0.05) is 11.6 Å². The maximum absolute atomic E-state index is 12.4. The molecule has 136 valence electrons. The van der Waals surface area contributed by atoms with Crippen molar-refractivity contribution in [3.8, 4) is 6.07 Å². The van der Waals surface area contributed by atoms with E-state index in [9.17, 15) is 14.9 Å². The quantitative estimate of drug-likeness (QED) is 0.725. The number of nitrogens with zero attached hydrogens (tertiary/aromatic N) is 4. The lowest BCUT2D eigenvalue weighted by Gasteiger charge is -2.36. The van der Waals surface area contributed by atoms with Crippen molar-refractivity contribution in [3.05, 3.63) is 57.4 Å². The third-order valence-corrected chi connectivity index (χ3v) is 4.74. The van der Waals surface area contributed by atoms with Crippen molar-refractivity contribution in [2.45, 2.75) is 0 Å².